The first-order chi connectivity index (χ1) is 12.8. The number of ether oxygens (including phenoxy) is 1. The molecule has 11 heteroatoms. The molecule has 0 amide bonds. The number of fused-ring (bicyclic) bond motifs is 1. The van der Waals surface area contributed by atoms with Crippen molar-refractivity contribution < 1.29 is 26.7 Å². The number of alkyl halides is 3. The molecule has 2 aromatic rings. The van der Waals surface area contributed by atoms with E-state index in [4.69, 9.17) is 4.55 Å². The molecular formula is C16H19F3N4O3S. The maximum atomic E-state index is 12.4. The Morgan fingerprint density at radius 1 is 1.30 bits per heavy atom. The van der Waals surface area contributed by atoms with Crippen LogP contribution in [0.5, 0.6) is 5.75 Å². The molecule has 7 nitrogen and oxygen atoms in total. The lowest BCUT2D eigenvalue weighted by Crippen LogP contribution is -2.35. The van der Waals surface area contributed by atoms with Gasteiger partial charge in [0.15, 0.2) is 0 Å². The third kappa shape index (κ3) is 5.50. The molecule has 0 radical (unpaired) electrons. The summed E-state index contributed by atoms with van der Waals surface area (Å²) in [6, 6.07) is 4.05. The van der Waals surface area contributed by atoms with Crippen LogP contribution in [0.3, 0.4) is 0 Å². The second-order valence-electron chi connectivity index (χ2n) is 6.29. The molecule has 1 aliphatic heterocycles. The minimum absolute atomic E-state index is 0.313. The van der Waals surface area contributed by atoms with Gasteiger partial charge in [0.1, 0.15) is 17.9 Å². The summed E-state index contributed by atoms with van der Waals surface area (Å²) in [5.41, 5.74) is 0.387. The third-order valence-electron chi connectivity index (χ3n) is 4.51. The average Bonchev–Trinajstić information content (AvgIpc) is 2.60. The summed E-state index contributed by atoms with van der Waals surface area (Å²) in [5, 5.41) is 0.669. The summed E-state index contributed by atoms with van der Waals surface area (Å²) in [6.45, 7) is 1.98. The van der Waals surface area contributed by atoms with E-state index in [9.17, 15) is 17.4 Å². The summed E-state index contributed by atoms with van der Waals surface area (Å²) in [4.78, 5) is 10.5. The number of anilines is 1. The monoisotopic (exact) mass is 404 g/mol. The quantitative estimate of drug-likeness (QED) is 0.720. The molecule has 1 saturated heterocycles. The zero-order valence-corrected chi connectivity index (χ0v) is 15.1. The molecule has 0 bridgehead atoms. The van der Waals surface area contributed by atoms with Gasteiger partial charge in [0.2, 0.25) is 11.3 Å². The van der Waals surface area contributed by atoms with Gasteiger partial charge in [-0.2, -0.15) is 0 Å². The molecule has 3 rings (SSSR count). The molecule has 1 atom stereocenters. The van der Waals surface area contributed by atoms with Crippen LogP contribution < -0.4 is 14.4 Å². The molecule has 2 N–H and O–H groups in total. The van der Waals surface area contributed by atoms with Crippen LogP contribution in [0.4, 0.5) is 19.0 Å². The summed E-state index contributed by atoms with van der Waals surface area (Å²) < 4.78 is 62.9. The summed E-state index contributed by atoms with van der Waals surface area (Å²) in [6.07, 6.45) is -0.797. The number of aromatic nitrogens is 2. The minimum atomic E-state index is -4.75. The van der Waals surface area contributed by atoms with Crippen LogP contribution in [0.1, 0.15) is 19.3 Å². The van der Waals surface area contributed by atoms with Crippen molar-refractivity contribution in [3.8, 4) is 5.75 Å². The van der Waals surface area contributed by atoms with E-state index < -0.39 is 17.6 Å². The Morgan fingerprint density at radius 3 is 2.70 bits per heavy atom. The fourth-order valence-corrected chi connectivity index (χ4v) is 3.55. The van der Waals surface area contributed by atoms with Crippen molar-refractivity contribution in [2.24, 2.45) is 5.92 Å². The molecular weight excluding hydrogens is 385 g/mol. The standard InChI is InChI=1S/C16H19F3N4O3S/c17-16(18,19)26-12-1-2-13-14(9-12)20-10-21-15(13)23-7-4-11(5-8-23)3-6-22-27(24)25/h1-2,9-11,22H,3-8H2,(H,24,25). The molecule has 1 aliphatic rings. The molecule has 0 spiro atoms. The highest BCUT2D eigenvalue weighted by molar-refractivity contribution is 7.77. The van der Waals surface area contributed by atoms with Crippen molar-refractivity contribution in [1.82, 2.24) is 14.7 Å². The molecule has 148 valence electrons. The van der Waals surface area contributed by atoms with Gasteiger partial charge < -0.3 is 9.64 Å². The first kappa shape index (κ1) is 19.8. The topological polar surface area (TPSA) is 87.6 Å². The van der Waals surface area contributed by atoms with Gasteiger partial charge in [0.25, 0.3) is 0 Å². The molecule has 1 aromatic carbocycles. The molecule has 2 heterocycles. The largest absolute Gasteiger partial charge is 0.573 e. The second-order valence-corrected chi connectivity index (χ2v) is 7.07. The lowest BCUT2D eigenvalue weighted by molar-refractivity contribution is -0.274. The summed E-state index contributed by atoms with van der Waals surface area (Å²) in [7, 11) is 0. The number of rotatable bonds is 6. The number of nitrogens with one attached hydrogen (secondary N) is 1. The van der Waals surface area contributed by atoms with E-state index in [1.165, 1.54) is 24.5 Å². The average molecular weight is 404 g/mol. The molecule has 0 saturated carbocycles. The summed E-state index contributed by atoms with van der Waals surface area (Å²) >= 11 is -1.99. The third-order valence-corrected chi connectivity index (χ3v) is 4.96. The van der Waals surface area contributed by atoms with Crippen molar-refractivity contribution >= 4 is 28.0 Å². The van der Waals surface area contributed by atoms with Crippen LogP contribution in [0.2, 0.25) is 0 Å². The number of nitrogens with zero attached hydrogens (tertiary/aromatic N) is 3. The van der Waals surface area contributed by atoms with Gasteiger partial charge in [-0.05, 0) is 37.3 Å². The molecule has 1 unspecified atom stereocenters. The predicted octanol–water partition coefficient (Wildman–Crippen LogP) is 2.86. The van der Waals surface area contributed by atoms with Gasteiger partial charge in [0.05, 0.1) is 5.52 Å². The van der Waals surface area contributed by atoms with E-state index >= 15 is 0 Å². The maximum Gasteiger partial charge on any atom is 0.573 e. The predicted molar refractivity (Wildman–Crippen MR) is 94.5 cm³/mol. The second kappa shape index (κ2) is 8.36. The smallest absolute Gasteiger partial charge is 0.406 e. The van der Waals surface area contributed by atoms with Crippen LogP contribution in [0.25, 0.3) is 10.9 Å². The Hall–Kier alpha value is -1.98. The zero-order chi connectivity index (χ0) is 19.4. The molecule has 0 aliphatic carbocycles. The van der Waals surface area contributed by atoms with Crippen molar-refractivity contribution in [1.29, 1.82) is 0 Å². The van der Waals surface area contributed by atoms with Crippen molar-refractivity contribution in [3.05, 3.63) is 24.5 Å². The first-order valence-electron chi connectivity index (χ1n) is 8.41. The molecule has 1 fully saturated rings. The highest BCUT2D eigenvalue weighted by Crippen LogP contribution is 2.31. The van der Waals surface area contributed by atoms with Crippen LogP contribution in [0.15, 0.2) is 24.5 Å². The van der Waals surface area contributed by atoms with Gasteiger partial charge in [0, 0.05) is 31.1 Å². The van der Waals surface area contributed by atoms with Gasteiger partial charge in [-0.3, -0.25) is 4.55 Å². The Kier molecular flexibility index (Phi) is 6.12. The number of benzene rings is 1. The van der Waals surface area contributed by atoms with Crippen LogP contribution in [-0.4, -0.2) is 44.7 Å². The fourth-order valence-electron chi connectivity index (χ4n) is 3.26. The fraction of sp³-hybridized carbons (Fsp3) is 0.500. The lowest BCUT2D eigenvalue weighted by Gasteiger charge is -2.33. The van der Waals surface area contributed by atoms with Crippen LogP contribution >= 0.6 is 0 Å². The van der Waals surface area contributed by atoms with Gasteiger partial charge in [-0.25, -0.2) is 18.9 Å². The van der Waals surface area contributed by atoms with Gasteiger partial charge in [-0.15, -0.1) is 13.2 Å². The van der Waals surface area contributed by atoms with E-state index in [0.29, 0.717) is 29.2 Å². The normalized spacial score (nSPS) is 17.3. The van der Waals surface area contributed by atoms with E-state index in [1.54, 1.807) is 0 Å². The van der Waals surface area contributed by atoms with E-state index in [-0.39, 0.29) is 5.75 Å². The van der Waals surface area contributed by atoms with Crippen molar-refractivity contribution in [3.63, 3.8) is 0 Å². The Labute approximate surface area is 156 Å². The number of hydrogen-bond donors (Lipinski definition) is 2. The van der Waals surface area contributed by atoms with Crippen LogP contribution in [-0.2, 0) is 11.3 Å². The van der Waals surface area contributed by atoms with E-state index in [0.717, 1.165) is 32.4 Å². The first-order valence-corrected chi connectivity index (χ1v) is 9.52. The number of halogens is 3. The Balaban J connectivity index is 1.68. The molecule has 1 aromatic heterocycles. The molecule has 27 heavy (non-hydrogen) atoms. The SMILES string of the molecule is O=S(O)NCCC1CCN(c2ncnc3cc(OC(F)(F)F)ccc23)CC1. The van der Waals surface area contributed by atoms with Gasteiger partial charge >= 0.3 is 6.36 Å². The van der Waals surface area contributed by atoms with Gasteiger partial charge in [-0.1, -0.05) is 0 Å². The number of piperidine rings is 1. The zero-order valence-electron chi connectivity index (χ0n) is 14.3. The Morgan fingerprint density at radius 2 is 2.04 bits per heavy atom. The highest BCUT2D eigenvalue weighted by atomic mass is 32.2. The van der Waals surface area contributed by atoms with Crippen molar-refractivity contribution in [2.75, 3.05) is 24.5 Å². The number of hydrogen-bond acceptors (Lipinski definition) is 5. The van der Waals surface area contributed by atoms with Crippen molar-refractivity contribution in [2.45, 2.75) is 25.6 Å². The maximum absolute atomic E-state index is 12.4. The van der Waals surface area contributed by atoms with Crippen LogP contribution in [0, 0.1) is 5.92 Å². The Bertz CT molecular complexity index is 813. The minimum Gasteiger partial charge on any atom is -0.406 e. The lowest BCUT2D eigenvalue weighted by atomic mass is 9.93. The highest BCUT2D eigenvalue weighted by Gasteiger charge is 2.31. The van der Waals surface area contributed by atoms with E-state index in [2.05, 4.69) is 24.3 Å². The van der Waals surface area contributed by atoms with E-state index in [1.807, 2.05) is 0 Å². The summed E-state index contributed by atoms with van der Waals surface area (Å²) in [5.74, 6) is 0.816.